The first kappa shape index (κ1) is 16.5. The van der Waals surface area contributed by atoms with Crippen molar-refractivity contribution in [1.82, 2.24) is 29.8 Å². The van der Waals surface area contributed by atoms with Crippen LogP contribution in [0.2, 0.25) is 0 Å². The molecule has 0 saturated carbocycles. The average Bonchev–Trinajstić information content (AvgIpc) is 3.21. The van der Waals surface area contributed by atoms with Crippen molar-refractivity contribution in [2.45, 2.75) is 16.4 Å². The van der Waals surface area contributed by atoms with Crippen LogP contribution in [0, 0.1) is 5.82 Å². The molecule has 0 bridgehead atoms. The minimum absolute atomic E-state index is 0.00637. The van der Waals surface area contributed by atoms with Gasteiger partial charge in [-0.3, -0.25) is 0 Å². The van der Waals surface area contributed by atoms with Gasteiger partial charge in [0, 0.05) is 0 Å². The highest BCUT2D eigenvalue weighted by molar-refractivity contribution is 7.99. The summed E-state index contributed by atoms with van der Waals surface area (Å²) < 4.78 is 52.4. The van der Waals surface area contributed by atoms with Crippen LogP contribution in [0.3, 0.4) is 0 Å². The van der Waals surface area contributed by atoms with Crippen LogP contribution in [0.4, 0.5) is 17.6 Å². The number of H-pyrrole nitrogens is 1. The van der Waals surface area contributed by atoms with Gasteiger partial charge in [0.05, 0.1) is 11.9 Å². The second-order valence-corrected chi connectivity index (χ2v) is 6.18. The summed E-state index contributed by atoms with van der Waals surface area (Å²) in [5, 5.41) is 11.2. The fraction of sp³-hybridized carbons (Fsp3) is 0.0667. The Bertz CT molecular complexity index is 1070. The van der Waals surface area contributed by atoms with E-state index in [1.807, 2.05) is 0 Å². The quantitative estimate of drug-likeness (QED) is 0.547. The fourth-order valence-electron chi connectivity index (χ4n) is 2.23. The molecule has 0 aliphatic carbocycles. The van der Waals surface area contributed by atoms with Crippen LogP contribution < -0.4 is 0 Å². The van der Waals surface area contributed by atoms with Gasteiger partial charge in [-0.25, -0.2) is 9.37 Å². The average molecular weight is 380 g/mol. The van der Waals surface area contributed by atoms with Crippen molar-refractivity contribution >= 4 is 17.4 Å². The number of halogens is 4. The number of rotatable bonds is 3. The van der Waals surface area contributed by atoms with Crippen LogP contribution in [0.25, 0.3) is 16.9 Å². The standard InChI is InChI=1S/C15H8F4N6S/c16-9-3-1-8(2-4-9)10-7-20-14(21-10)26-12-6-5-11-22-23-13(15(17,18)19)25(11)24-12/h1-7H,(H,20,21). The first-order valence-electron chi connectivity index (χ1n) is 7.18. The Morgan fingerprint density at radius 1 is 1.00 bits per heavy atom. The molecular weight excluding hydrogens is 372 g/mol. The topological polar surface area (TPSA) is 71.8 Å². The fourth-order valence-corrected chi connectivity index (χ4v) is 2.96. The minimum Gasteiger partial charge on any atom is -0.333 e. The Labute approximate surface area is 147 Å². The van der Waals surface area contributed by atoms with E-state index < -0.39 is 12.0 Å². The van der Waals surface area contributed by atoms with Gasteiger partial charge in [-0.15, -0.1) is 10.2 Å². The minimum atomic E-state index is -4.66. The number of aromatic nitrogens is 6. The summed E-state index contributed by atoms with van der Waals surface area (Å²) in [6, 6.07) is 8.74. The maximum atomic E-state index is 13.0. The summed E-state index contributed by atoms with van der Waals surface area (Å²) in [4.78, 5) is 7.17. The zero-order valence-electron chi connectivity index (χ0n) is 12.7. The number of nitrogens with one attached hydrogen (secondary N) is 1. The number of hydrogen-bond donors (Lipinski definition) is 1. The lowest BCUT2D eigenvalue weighted by atomic mass is 10.2. The highest BCUT2D eigenvalue weighted by Crippen LogP contribution is 2.30. The highest BCUT2D eigenvalue weighted by Gasteiger charge is 2.37. The van der Waals surface area contributed by atoms with Crippen molar-refractivity contribution in [1.29, 1.82) is 0 Å². The molecule has 6 nitrogen and oxygen atoms in total. The number of benzene rings is 1. The number of alkyl halides is 3. The van der Waals surface area contributed by atoms with Crippen molar-refractivity contribution in [2.75, 3.05) is 0 Å². The number of aromatic amines is 1. The smallest absolute Gasteiger partial charge is 0.333 e. The lowest BCUT2D eigenvalue weighted by Crippen LogP contribution is -2.12. The molecule has 0 spiro atoms. The highest BCUT2D eigenvalue weighted by atomic mass is 32.2. The third-order valence-electron chi connectivity index (χ3n) is 3.40. The second-order valence-electron chi connectivity index (χ2n) is 5.17. The van der Waals surface area contributed by atoms with Crippen LogP contribution in [-0.4, -0.2) is 29.8 Å². The van der Waals surface area contributed by atoms with E-state index in [1.54, 1.807) is 18.3 Å². The van der Waals surface area contributed by atoms with Gasteiger partial charge in [-0.05, 0) is 53.7 Å². The molecule has 4 rings (SSSR count). The molecule has 0 amide bonds. The number of hydrogen-bond acceptors (Lipinski definition) is 5. The maximum Gasteiger partial charge on any atom is 0.453 e. The predicted molar refractivity (Wildman–Crippen MR) is 83.9 cm³/mol. The van der Waals surface area contributed by atoms with E-state index in [1.165, 1.54) is 24.3 Å². The summed E-state index contributed by atoms with van der Waals surface area (Å²) in [7, 11) is 0. The van der Waals surface area contributed by atoms with Crippen molar-refractivity contribution < 1.29 is 17.6 Å². The predicted octanol–water partition coefficient (Wildman–Crippen LogP) is 3.82. The molecule has 0 atom stereocenters. The molecule has 4 aromatic rings. The van der Waals surface area contributed by atoms with E-state index in [0.29, 0.717) is 15.4 Å². The van der Waals surface area contributed by atoms with E-state index in [2.05, 4.69) is 25.3 Å². The molecule has 0 aliphatic rings. The van der Waals surface area contributed by atoms with Crippen LogP contribution in [-0.2, 0) is 6.18 Å². The van der Waals surface area contributed by atoms with Gasteiger partial charge in [-0.2, -0.15) is 22.8 Å². The Morgan fingerprint density at radius 3 is 2.50 bits per heavy atom. The molecule has 0 radical (unpaired) electrons. The van der Waals surface area contributed by atoms with Crippen LogP contribution in [0.5, 0.6) is 0 Å². The van der Waals surface area contributed by atoms with Crippen molar-refractivity contribution in [3.63, 3.8) is 0 Å². The molecule has 26 heavy (non-hydrogen) atoms. The largest absolute Gasteiger partial charge is 0.453 e. The van der Waals surface area contributed by atoms with Gasteiger partial charge in [0.25, 0.3) is 5.82 Å². The van der Waals surface area contributed by atoms with Gasteiger partial charge in [0.15, 0.2) is 10.8 Å². The number of imidazole rings is 1. The van der Waals surface area contributed by atoms with E-state index in [9.17, 15) is 17.6 Å². The van der Waals surface area contributed by atoms with Gasteiger partial charge in [-0.1, -0.05) is 0 Å². The summed E-state index contributed by atoms with van der Waals surface area (Å²) >= 11 is 1.05. The lowest BCUT2D eigenvalue weighted by molar-refractivity contribution is -0.146. The van der Waals surface area contributed by atoms with E-state index in [-0.39, 0.29) is 16.5 Å². The molecule has 0 aliphatic heterocycles. The number of fused-ring (bicyclic) bond motifs is 1. The normalized spacial score (nSPS) is 12.0. The SMILES string of the molecule is Fc1ccc(-c2cnc(Sc3ccc4nnc(C(F)(F)F)n4n3)[nH]2)cc1. The van der Waals surface area contributed by atoms with Crippen molar-refractivity contribution in [3.8, 4) is 11.3 Å². The van der Waals surface area contributed by atoms with E-state index in [4.69, 9.17) is 0 Å². The Hall–Kier alpha value is -2.95. The summed E-state index contributed by atoms with van der Waals surface area (Å²) in [6.45, 7) is 0. The zero-order valence-corrected chi connectivity index (χ0v) is 13.5. The zero-order chi connectivity index (χ0) is 18.3. The molecule has 11 heteroatoms. The van der Waals surface area contributed by atoms with E-state index >= 15 is 0 Å². The third kappa shape index (κ3) is 3.12. The van der Waals surface area contributed by atoms with Gasteiger partial charge >= 0.3 is 6.18 Å². The Balaban J connectivity index is 1.62. The monoisotopic (exact) mass is 380 g/mol. The number of nitrogens with zero attached hydrogens (tertiary/aromatic N) is 5. The summed E-state index contributed by atoms with van der Waals surface area (Å²) in [5.74, 6) is -1.55. The maximum absolute atomic E-state index is 13.0. The summed E-state index contributed by atoms with van der Waals surface area (Å²) in [5.41, 5.74) is 1.37. The van der Waals surface area contributed by atoms with Crippen molar-refractivity contribution in [2.24, 2.45) is 0 Å². The molecule has 1 N–H and O–H groups in total. The first-order chi connectivity index (χ1) is 12.4. The van der Waals surface area contributed by atoms with Crippen molar-refractivity contribution in [3.05, 3.63) is 54.2 Å². The van der Waals surface area contributed by atoms with Gasteiger partial charge < -0.3 is 4.98 Å². The van der Waals surface area contributed by atoms with Crippen LogP contribution in [0.1, 0.15) is 5.82 Å². The molecule has 0 fully saturated rings. The molecule has 0 saturated heterocycles. The van der Waals surface area contributed by atoms with Crippen LogP contribution in [0.15, 0.2) is 52.8 Å². The Kier molecular flexibility index (Phi) is 3.87. The third-order valence-corrected chi connectivity index (χ3v) is 4.23. The molecule has 3 aromatic heterocycles. The van der Waals surface area contributed by atoms with Gasteiger partial charge in [0.1, 0.15) is 10.8 Å². The Morgan fingerprint density at radius 2 is 1.77 bits per heavy atom. The molecule has 0 unspecified atom stereocenters. The lowest BCUT2D eigenvalue weighted by Gasteiger charge is -2.04. The van der Waals surface area contributed by atoms with E-state index in [0.717, 1.165) is 17.3 Å². The molecule has 1 aromatic carbocycles. The molecule has 132 valence electrons. The first-order valence-corrected chi connectivity index (χ1v) is 8.00. The van der Waals surface area contributed by atoms with Crippen LogP contribution >= 0.6 is 11.8 Å². The van der Waals surface area contributed by atoms with Gasteiger partial charge in [0.2, 0.25) is 0 Å². The second kappa shape index (κ2) is 6.09. The molecule has 3 heterocycles. The molecular formula is C15H8F4N6S. The summed E-state index contributed by atoms with van der Waals surface area (Å²) in [6.07, 6.45) is -3.11.